The van der Waals surface area contributed by atoms with E-state index in [9.17, 15) is 9.59 Å². The quantitative estimate of drug-likeness (QED) is 0.669. The zero-order valence-electron chi connectivity index (χ0n) is 15.2. The summed E-state index contributed by atoms with van der Waals surface area (Å²) in [5, 5.41) is 2.86. The number of hydrogen-bond acceptors (Lipinski definition) is 4. The van der Waals surface area contributed by atoms with E-state index in [4.69, 9.17) is 4.74 Å². The summed E-state index contributed by atoms with van der Waals surface area (Å²) in [5.74, 6) is 1.06. The molecule has 0 radical (unpaired) electrons. The van der Waals surface area contributed by atoms with Crippen molar-refractivity contribution in [1.82, 2.24) is 9.88 Å². The molecule has 0 saturated carbocycles. The first-order chi connectivity index (χ1) is 13.0. The lowest BCUT2D eigenvalue weighted by molar-refractivity contribution is -0.136. The normalized spacial score (nSPS) is 14.7. The largest absolute Gasteiger partial charge is 0.484 e. The smallest absolute Gasteiger partial charge is 0.260 e. The Hall–Kier alpha value is -2.16. The van der Waals surface area contributed by atoms with Crippen molar-refractivity contribution in [3.63, 3.8) is 0 Å². The van der Waals surface area contributed by atoms with Crippen molar-refractivity contribution in [2.75, 3.05) is 25.0 Å². The van der Waals surface area contributed by atoms with Crippen LogP contribution in [0.2, 0.25) is 0 Å². The first-order valence-electron chi connectivity index (χ1n) is 8.91. The summed E-state index contributed by atoms with van der Waals surface area (Å²) >= 11 is 2.22. The van der Waals surface area contributed by atoms with Crippen molar-refractivity contribution >= 4 is 40.2 Å². The molecule has 0 unspecified atom stereocenters. The minimum absolute atomic E-state index is 0.0186. The van der Waals surface area contributed by atoms with Gasteiger partial charge in [-0.1, -0.05) is 6.07 Å². The van der Waals surface area contributed by atoms with Crippen LogP contribution in [0.1, 0.15) is 18.4 Å². The number of aromatic nitrogens is 1. The molecule has 1 fully saturated rings. The monoisotopic (exact) mass is 479 g/mol. The fraction of sp³-hybridized carbons (Fsp3) is 0.350. The number of anilines is 1. The molecule has 1 aliphatic rings. The predicted octanol–water partition coefficient (Wildman–Crippen LogP) is 3.25. The Balaban J connectivity index is 1.43. The second-order valence-corrected chi connectivity index (χ2v) is 7.85. The molecule has 1 saturated heterocycles. The second kappa shape index (κ2) is 9.16. The van der Waals surface area contributed by atoms with Gasteiger partial charge in [-0.05, 0) is 78.3 Å². The molecule has 27 heavy (non-hydrogen) atoms. The van der Waals surface area contributed by atoms with Gasteiger partial charge in [-0.2, -0.15) is 0 Å². The van der Waals surface area contributed by atoms with Crippen molar-refractivity contribution in [1.29, 1.82) is 0 Å². The van der Waals surface area contributed by atoms with Crippen molar-refractivity contribution < 1.29 is 14.3 Å². The molecule has 1 aliphatic heterocycles. The summed E-state index contributed by atoms with van der Waals surface area (Å²) < 4.78 is 6.67. The number of nitrogens with one attached hydrogen (secondary N) is 1. The highest BCUT2D eigenvalue weighted by atomic mass is 127. The van der Waals surface area contributed by atoms with Crippen LogP contribution in [0.5, 0.6) is 5.75 Å². The number of halogens is 1. The average Bonchev–Trinajstić information content (AvgIpc) is 2.69. The van der Waals surface area contributed by atoms with E-state index in [2.05, 4.69) is 32.9 Å². The van der Waals surface area contributed by atoms with Gasteiger partial charge in [0.2, 0.25) is 5.91 Å². The summed E-state index contributed by atoms with van der Waals surface area (Å²) in [6.45, 7) is 3.10. The standard InChI is InChI=1S/C20H22IN3O3/c1-14-2-7-18(22-12-14)23-20(26)15-8-10-24(11-9-15)19(25)13-27-17-5-3-16(21)4-6-17/h2-7,12,15H,8-11,13H2,1H3,(H,22,23,26). The lowest BCUT2D eigenvalue weighted by Crippen LogP contribution is -2.43. The van der Waals surface area contributed by atoms with Crippen LogP contribution >= 0.6 is 22.6 Å². The Kier molecular flexibility index (Phi) is 6.65. The predicted molar refractivity (Wildman–Crippen MR) is 112 cm³/mol. The van der Waals surface area contributed by atoms with E-state index in [0.717, 1.165) is 9.13 Å². The van der Waals surface area contributed by atoms with Crippen molar-refractivity contribution in [2.45, 2.75) is 19.8 Å². The van der Waals surface area contributed by atoms with Gasteiger partial charge in [0.05, 0.1) is 0 Å². The van der Waals surface area contributed by atoms with Crippen LogP contribution in [-0.4, -0.2) is 41.4 Å². The molecular weight excluding hydrogens is 457 g/mol. The number of likely N-dealkylation sites (tertiary alicyclic amines) is 1. The van der Waals surface area contributed by atoms with Gasteiger partial charge in [-0.3, -0.25) is 9.59 Å². The van der Waals surface area contributed by atoms with Gasteiger partial charge in [0.1, 0.15) is 11.6 Å². The topological polar surface area (TPSA) is 71.5 Å². The van der Waals surface area contributed by atoms with Crippen LogP contribution in [0.25, 0.3) is 0 Å². The highest BCUT2D eigenvalue weighted by Gasteiger charge is 2.27. The number of pyridine rings is 1. The third kappa shape index (κ3) is 5.66. The number of carbonyl (C=O) groups is 2. The number of benzene rings is 1. The number of carbonyl (C=O) groups excluding carboxylic acids is 2. The second-order valence-electron chi connectivity index (χ2n) is 6.61. The van der Waals surface area contributed by atoms with Gasteiger partial charge >= 0.3 is 0 Å². The molecule has 7 heteroatoms. The first kappa shape index (κ1) is 19.6. The van der Waals surface area contributed by atoms with E-state index in [1.54, 1.807) is 17.2 Å². The molecule has 2 aromatic rings. The summed E-state index contributed by atoms with van der Waals surface area (Å²) in [5.41, 5.74) is 1.05. The number of ether oxygens (including phenoxy) is 1. The molecule has 6 nitrogen and oxygen atoms in total. The molecule has 1 aromatic carbocycles. The van der Waals surface area contributed by atoms with E-state index in [0.29, 0.717) is 37.5 Å². The van der Waals surface area contributed by atoms with Crippen molar-refractivity contribution in [2.24, 2.45) is 5.92 Å². The lowest BCUT2D eigenvalue weighted by Gasteiger charge is -2.31. The lowest BCUT2D eigenvalue weighted by atomic mass is 9.96. The molecule has 0 bridgehead atoms. The summed E-state index contributed by atoms with van der Waals surface area (Å²) in [7, 11) is 0. The van der Waals surface area contributed by atoms with Gasteiger partial charge in [-0.15, -0.1) is 0 Å². The minimum atomic E-state index is -0.103. The molecule has 1 N–H and O–H groups in total. The molecule has 2 amide bonds. The Morgan fingerprint density at radius 1 is 1.19 bits per heavy atom. The highest BCUT2D eigenvalue weighted by molar-refractivity contribution is 14.1. The molecule has 0 aliphatic carbocycles. The first-order valence-corrected chi connectivity index (χ1v) is 9.99. The number of piperidine rings is 1. The van der Waals surface area contributed by atoms with Gasteiger partial charge < -0.3 is 15.0 Å². The zero-order chi connectivity index (χ0) is 19.2. The molecule has 142 valence electrons. The van der Waals surface area contributed by atoms with Crippen LogP contribution in [0.3, 0.4) is 0 Å². The molecule has 0 atom stereocenters. The maximum atomic E-state index is 12.4. The van der Waals surface area contributed by atoms with E-state index in [-0.39, 0.29) is 24.3 Å². The van der Waals surface area contributed by atoms with Crippen molar-refractivity contribution in [3.8, 4) is 5.75 Å². The van der Waals surface area contributed by atoms with E-state index < -0.39 is 0 Å². The molecule has 0 spiro atoms. The van der Waals surface area contributed by atoms with Crippen LogP contribution in [0.15, 0.2) is 42.6 Å². The fourth-order valence-corrected chi connectivity index (χ4v) is 3.29. The van der Waals surface area contributed by atoms with Gasteiger partial charge in [-0.25, -0.2) is 4.98 Å². The minimum Gasteiger partial charge on any atom is -0.484 e. The number of rotatable bonds is 5. The van der Waals surface area contributed by atoms with E-state index in [1.165, 1.54) is 0 Å². The summed E-state index contributed by atoms with van der Waals surface area (Å²) in [6, 6.07) is 11.3. The average molecular weight is 479 g/mol. The molecule has 3 rings (SSSR count). The van der Waals surface area contributed by atoms with Crippen LogP contribution in [0.4, 0.5) is 5.82 Å². The van der Waals surface area contributed by atoms with E-state index in [1.807, 2.05) is 37.3 Å². The van der Waals surface area contributed by atoms with Gasteiger partial charge in [0.15, 0.2) is 6.61 Å². The number of nitrogens with zero attached hydrogens (tertiary/aromatic N) is 2. The Morgan fingerprint density at radius 2 is 1.89 bits per heavy atom. The summed E-state index contributed by atoms with van der Waals surface area (Å²) in [4.78, 5) is 30.7. The van der Waals surface area contributed by atoms with Gasteiger partial charge in [0.25, 0.3) is 5.91 Å². The maximum Gasteiger partial charge on any atom is 0.260 e. The van der Waals surface area contributed by atoms with Crippen LogP contribution in [-0.2, 0) is 9.59 Å². The fourth-order valence-electron chi connectivity index (χ4n) is 2.93. The third-order valence-corrected chi connectivity index (χ3v) is 5.28. The maximum absolute atomic E-state index is 12.4. The Labute approximate surface area is 172 Å². The van der Waals surface area contributed by atoms with Gasteiger partial charge in [0, 0.05) is 28.8 Å². The number of aryl methyl sites for hydroxylation is 1. The SMILES string of the molecule is Cc1ccc(NC(=O)C2CCN(C(=O)COc3ccc(I)cc3)CC2)nc1. The van der Waals surface area contributed by atoms with Crippen LogP contribution < -0.4 is 10.1 Å². The van der Waals surface area contributed by atoms with Crippen molar-refractivity contribution in [3.05, 3.63) is 51.7 Å². The zero-order valence-corrected chi connectivity index (χ0v) is 17.3. The van der Waals surface area contributed by atoms with Crippen LogP contribution in [0, 0.1) is 16.4 Å². The highest BCUT2D eigenvalue weighted by Crippen LogP contribution is 2.20. The number of hydrogen-bond donors (Lipinski definition) is 1. The molecular formula is C20H22IN3O3. The third-order valence-electron chi connectivity index (χ3n) is 4.56. The van der Waals surface area contributed by atoms with E-state index >= 15 is 0 Å². The molecule has 1 aromatic heterocycles. The Bertz CT molecular complexity index is 785. The summed E-state index contributed by atoms with van der Waals surface area (Å²) in [6.07, 6.45) is 3.02. The number of amides is 2. The Morgan fingerprint density at radius 3 is 2.52 bits per heavy atom. The molecule has 2 heterocycles.